The summed E-state index contributed by atoms with van der Waals surface area (Å²) in [7, 11) is 1.17. The highest BCUT2D eigenvalue weighted by Gasteiger charge is 2.34. The zero-order valence-corrected chi connectivity index (χ0v) is 15.7. The zero-order valence-electron chi connectivity index (χ0n) is 15.7. The van der Waals surface area contributed by atoms with E-state index >= 15 is 0 Å². The molecule has 0 unspecified atom stereocenters. The summed E-state index contributed by atoms with van der Waals surface area (Å²) in [6.07, 6.45) is -0.942. The number of nitrogens with one attached hydrogen (secondary N) is 1. The molecule has 0 aliphatic carbocycles. The Balaban J connectivity index is 1.58. The quantitative estimate of drug-likeness (QED) is 0.694. The third kappa shape index (κ3) is 3.99. The number of hydrogen-bond donors (Lipinski definition) is 1. The van der Waals surface area contributed by atoms with Crippen LogP contribution in [-0.2, 0) is 23.9 Å². The molecule has 1 aliphatic heterocycles. The molecule has 0 fully saturated rings. The molecular formula is C20H16F3N3O4. The lowest BCUT2D eigenvalue weighted by atomic mass is 10.1. The van der Waals surface area contributed by atoms with E-state index < -0.39 is 11.7 Å². The van der Waals surface area contributed by atoms with Gasteiger partial charge in [0.25, 0.3) is 11.4 Å². The summed E-state index contributed by atoms with van der Waals surface area (Å²) in [5.74, 6) is -0.0924. The van der Waals surface area contributed by atoms with Gasteiger partial charge in [-0.1, -0.05) is 11.2 Å². The molecule has 1 aromatic carbocycles. The van der Waals surface area contributed by atoms with Crippen LogP contribution in [0.4, 0.5) is 13.2 Å². The van der Waals surface area contributed by atoms with E-state index in [9.17, 15) is 18.0 Å². The number of methoxy groups -OCH3 is 1. The molecule has 1 aliphatic rings. The van der Waals surface area contributed by atoms with Crippen molar-refractivity contribution < 1.29 is 27.2 Å². The van der Waals surface area contributed by atoms with Crippen molar-refractivity contribution in [3.8, 4) is 17.1 Å². The molecule has 0 saturated heterocycles. The van der Waals surface area contributed by atoms with Crippen molar-refractivity contribution >= 4 is 12.2 Å². The van der Waals surface area contributed by atoms with Gasteiger partial charge in [-0.3, -0.25) is 4.79 Å². The fraction of sp³-hybridized carbons (Fsp3) is 0.250. The molecule has 4 rings (SSSR count). The number of alkyl halides is 3. The molecule has 2 aromatic heterocycles. The summed E-state index contributed by atoms with van der Waals surface area (Å²) in [6, 6.07) is 5.16. The fourth-order valence-corrected chi connectivity index (χ4v) is 3.11. The van der Waals surface area contributed by atoms with Gasteiger partial charge in [0.15, 0.2) is 0 Å². The Morgan fingerprint density at radius 1 is 1.23 bits per heavy atom. The highest BCUT2D eigenvalue weighted by molar-refractivity contribution is 5.68. The molecule has 0 spiro atoms. The van der Waals surface area contributed by atoms with Gasteiger partial charge >= 0.3 is 6.18 Å². The van der Waals surface area contributed by atoms with Gasteiger partial charge in [-0.2, -0.15) is 18.2 Å². The molecular weight excluding hydrogens is 403 g/mol. The topological polar surface area (TPSA) is 90.2 Å². The lowest BCUT2D eigenvalue weighted by Gasteiger charge is -2.15. The highest BCUT2D eigenvalue weighted by atomic mass is 19.4. The normalized spacial score (nSPS) is 14.1. The first-order chi connectivity index (χ1) is 14.3. The van der Waals surface area contributed by atoms with Crippen molar-refractivity contribution in [2.24, 2.45) is 0 Å². The number of aromatic nitrogens is 3. The number of hydrogen-bond acceptors (Lipinski definition) is 6. The molecule has 10 heteroatoms. The average molecular weight is 419 g/mol. The Kier molecular flexibility index (Phi) is 5.17. The van der Waals surface area contributed by atoms with Crippen LogP contribution in [0, 0.1) is 0 Å². The minimum Gasteiger partial charge on any atom is -0.496 e. The standard InChI is InChI=1S/C20H16F3N3O4/c1-28-16-8-11(2-4-14(16)20(21,22)23)3-5-17-25-18(26-30-17)13-9-12-10-29-7-6-15(12)24-19(13)27/h2-5,8-9H,6-7,10H2,1H3,(H,24,27)/b5-3+. The second kappa shape index (κ2) is 7.79. The van der Waals surface area contributed by atoms with Gasteiger partial charge in [0.1, 0.15) is 5.75 Å². The van der Waals surface area contributed by atoms with Crippen LogP contribution in [0.25, 0.3) is 23.5 Å². The van der Waals surface area contributed by atoms with Gasteiger partial charge in [0.05, 0.1) is 31.5 Å². The number of nitrogens with zero attached hydrogens (tertiary/aromatic N) is 2. The van der Waals surface area contributed by atoms with Crippen LogP contribution in [0.15, 0.2) is 33.6 Å². The minimum absolute atomic E-state index is 0.0947. The Hall–Kier alpha value is -3.40. The lowest BCUT2D eigenvalue weighted by Crippen LogP contribution is -2.19. The van der Waals surface area contributed by atoms with Gasteiger partial charge in [-0.05, 0) is 35.4 Å². The van der Waals surface area contributed by atoms with Gasteiger partial charge < -0.3 is 19.0 Å². The van der Waals surface area contributed by atoms with Gasteiger partial charge in [-0.25, -0.2) is 0 Å². The van der Waals surface area contributed by atoms with E-state index in [0.29, 0.717) is 25.2 Å². The zero-order chi connectivity index (χ0) is 21.3. The second-order valence-corrected chi connectivity index (χ2v) is 6.57. The van der Waals surface area contributed by atoms with E-state index in [0.717, 1.165) is 17.3 Å². The predicted molar refractivity (Wildman–Crippen MR) is 101 cm³/mol. The maximum absolute atomic E-state index is 13.0. The number of rotatable bonds is 4. The third-order valence-corrected chi connectivity index (χ3v) is 4.60. The van der Waals surface area contributed by atoms with E-state index in [1.165, 1.54) is 31.4 Å². The summed E-state index contributed by atoms with van der Waals surface area (Å²) in [4.78, 5) is 19.3. The molecule has 30 heavy (non-hydrogen) atoms. The summed E-state index contributed by atoms with van der Waals surface area (Å²) in [5, 5.41) is 3.82. The average Bonchev–Trinajstić information content (AvgIpc) is 3.19. The number of halogens is 3. The second-order valence-electron chi connectivity index (χ2n) is 6.57. The number of H-pyrrole nitrogens is 1. The number of benzene rings is 1. The van der Waals surface area contributed by atoms with Crippen LogP contribution in [0.5, 0.6) is 5.75 Å². The maximum atomic E-state index is 13.0. The van der Waals surface area contributed by atoms with Crippen LogP contribution < -0.4 is 10.3 Å². The monoisotopic (exact) mass is 419 g/mol. The summed E-state index contributed by atoms with van der Waals surface area (Å²) in [5.41, 5.74) is 1.18. The molecule has 1 N–H and O–H groups in total. The fourth-order valence-electron chi connectivity index (χ4n) is 3.11. The number of pyridine rings is 1. The van der Waals surface area contributed by atoms with Crippen LogP contribution >= 0.6 is 0 Å². The van der Waals surface area contributed by atoms with Crippen molar-refractivity contribution in [1.82, 2.24) is 15.1 Å². The van der Waals surface area contributed by atoms with Crippen molar-refractivity contribution in [3.05, 3.63) is 62.9 Å². The molecule has 0 bridgehead atoms. The van der Waals surface area contributed by atoms with E-state index in [1.807, 2.05) is 0 Å². The number of ether oxygens (including phenoxy) is 2. The molecule has 0 atom stereocenters. The van der Waals surface area contributed by atoms with Crippen LogP contribution in [0.3, 0.4) is 0 Å². The van der Waals surface area contributed by atoms with Crippen LogP contribution in [-0.4, -0.2) is 28.8 Å². The minimum atomic E-state index is -4.51. The lowest BCUT2D eigenvalue weighted by molar-refractivity contribution is -0.138. The summed E-state index contributed by atoms with van der Waals surface area (Å²) in [6.45, 7) is 0.938. The Bertz CT molecular complexity index is 1160. The van der Waals surface area contributed by atoms with Gasteiger partial charge in [-0.15, -0.1) is 0 Å². The first-order valence-corrected chi connectivity index (χ1v) is 8.95. The predicted octanol–water partition coefficient (Wildman–Crippen LogP) is 3.70. The smallest absolute Gasteiger partial charge is 0.419 e. The first-order valence-electron chi connectivity index (χ1n) is 8.95. The molecule has 3 aromatic rings. The SMILES string of the molecule is COc1cc(/C=C/c2nc(-c3cc4c([nH]c3=O)CCOC4)no2)ccc1C(F)(F)F. The highest BCUT2D eigenvalue weighted by Crippen LogP contribution is 2.36. The van der Waals surface area contributed by atoms with E-state index in [-0.39, 0.29) is 28.6 Å². The molecule has 156 valence electrons. The van der Waals surface area contributed by atoms with Crippen LogP contribution in [0.2, 0.25) is 0 Å². The van der Waals surface area contributed by atoms with E-state index in [4.69, 9.17) is 14.0 Å². The van der Waals surface area contributed by atoms with Gasteiger partial charge in [0.2, 0.25) is 5.82 Å². The maximum Gasteiger partial charge on any atom is 0.419 e. The van der Waals surface area contributed by atoms with Crippen molar-refractivity contribution in [2.45, 2.75) is 19.2 Å². The third-order valence-electron chi connectivity index (χ3n) is 4.60. The van der Waals surface area contributed by atoms with Gasteiger partial charge in [0, 0.05) is 18.2 Å². The molecule has 0 radical (unpaired) electrons. The molecule has 7 nitrogen and oxygen atoms in total. The summed E-state index contributed by atoms with van der Waals surface area (Å²) >= 11 is 0. The Labute approximate surface area is 168 Å². The van der Waals surface area contributed by atoms with Crippen molar-refractivity contribution in [1.29, 1.82) is 0 Å². The van der Waals surface area contributed by atoms with Crippen LogP contribution in [0.1, 0.15) is 28.3 Å². The molecule has 3 heterocycles. The molecule has 0 amide bonds. The Morgan fingerprint density at radius 2 is 2.07 bits per heavy atom. The first kappa shape index (κ1) is 19.9. The Morgan fingerprint density at radius 3 is 2.83 bits per heavy atom. The summed E-state index contributed by atoms with van der Waals surface area (Å²) < 4.78 is 54.2. The van der Waals surface area contributed by atoms with Crippen molar-refractivity contribution in [3.63, 3.8) is 0 Å². The largest absolute Gasteiger partial charge is 0.496 e. The number of fused-ring (bicyclic) bond motifs is 1. The van der Waals surface area contributed by atoms with E-state index in [2.05, 4.69) is 15.1 Å². The number of aromatic amines is 1. The van der Waals surface area contributed by atoms with Crippen molar-refractivity contribution in [2.75, 3.05) is 13.7 Å². The molecule has 0 saturated carbocycles. The van der Waals surface area contributed by atoms with E-state index in [1.54, 1.807) is 6.07 Å².